The van der Waals surface area contributed by atoms with E-state index >= 15 is 0 Å². The third-order valence-electron chi connectivity index (χ3n) is 5.57. The molecule has 5 rings (SSSR count). The number of aryl methyl sites for hydroxylation is 1. The van der Waals surface area contributed by atoms with Crippen LogP contribution in [0.5, 0.6) is 0 Å². The van der Waals surface area contributed by atoms with Crippen LogP contribution in [0.4, 0.5) is 0 Å². The molecule has 3 aromatic carbocycles. The summed E-state index contributed by atoms with van der Waals surface area (Å²) in [5, 5.41) is 0. The summed E-state index contributed by atoms with van der Waals surface area (Å²) in [5.41, 5.74) is 7.22. The van der Waals surface area contributed by atoms with Gasteiger partial charge in [-0.05, 0) is 30.2 Å². The normalized spacial score (nSPS) is 11.6. The zero-order valence-corrected chi connectivity index (χ0v) is 17.8. The van der Waals surface area contributed by atoms with E-state index in [4.69, 9.17) is 4.98 Å². The van der Waals surface area contributed by atoms with Crippen LogP contribution in [0.25, 0.3) is 22.5 Å². The van der Waals surface area contributed by atoms with E-state index < -0.39 is 0 Å². The molecule has 154 valence electrons. The van der Waals surface area contributed by atoms with Crippen molar-refractivity contribution in [1.29, 1.82) is 0 Å². The van der Waals surface area contributed by atoms with E-state index in [9.17, 15) is 4.79 Å². The molecule has 0 amide bonds. The number of ketones is 1. The molecule has 0 saturated carbocycles. The first-order valence-corrected chi connectivity index (χ1v) is 10.6. The fourth-order valence-corrected chi connectivity index (χ4v) is 3.98. The molecule has 3 heteroatoms. The van der Waals surface area contributed by atoms with Gasteiger partial charge in [0.05, 0.1) is 11.4 Å². The molecular formula is C29H22N2O. The Kier molecular flexibility index (Phi) is 5.22. The maximum Gasteiger partial charge on any atom is 0.186 e. The molecule has 0 fully saturated rings. The summed E-state index contributed by atoms with van der Waals surface area (Å²) in [5.74, 6) is -0.0360. The topological polar surface area (TPSA) is 34.4 Å². The second kappa shape index (κ2) is 8.48. The minimum atomic E-state index is -0.0360. The maximum absolute atomic E-state index is 13.3. The number of carbonyl (C=O) groups is 1. The minimum Gasteiger partial charge on any atom is -0.299 e. The van der Waals surface area contributed by atoms with Gasteiger partial charge in [-0.2, -0.15) is 0 Å². The van der Waals surface area contributed by atoms with Gasteiger partial charge in [0, 0.05) is 22.9 Å². The SMILES string of the molecule is Cc1cccn2c(/C(=C\C(=O)c3ccccc3)c3ccccc3)c(-c3ccccc3)nc12. The molecule has 0 aliphatic carbocycles. The Morgan fingerprint density at radius 2 is 1.34 bits per heavy atom. The fraction of sp³-hybridized carbons (Fsp3) is 0.0345. The average molecular weight is 415 g/mol. The highest BCUT2D eigenvalue weighted by Gasteiger charge is 2.21. The van der Waals surface area contributed by atoms with Crippen LogP contribution in [0.1, 0.15) is 27.2 Å². The van der Waals surface area contributed by atoms with E-state index in [1.807, 2.05) is 91.1 Å². The summed E-state index contributed by atoms with van der Waals surface area (Å²) in [6, 6.07) is 33.6. The second-order valence-electron chi connectivity index (χ2n) is 7.71. The molecule has 5 aromatic rings. The lowest BCUT2D eigenvalue weighted by atomic mass is 9.96. The first-order valence-electron chi connectivity index (χ1n) is 10.6. The number of imidazole rings is 1. The number of aromatic nitrogens is 2. The van der Waals surface area contributed by atoms with E-state index in [1.54, 1.807) is 6.08 Å². The van der Waals surface area contributed by atoms with Gasteiger partial charge in [0.15, 0.2) is 5.78 Å². The molecule has 0 unspecified atom stereocenters. The van der Waals surface area contributed by atoms with Gasteiger partial charge < -0.3 is 0 Å². The quantitative estimate of drug-likeness (QED) is 0.239. The second-order valence-corrected chi connectivity index (χ2v) is 7.71. The van der Waals surface area contributed by atoms with Crippen molar-refractivity contribution in [3.63, 3.8) is 0 Å². The molecule has 2 heterocycles. The van der Waals surface area contributed by atoms with Crippen LogP contribution in [0, 0.1) is 6.92 Å². The van der Waals surface area contributed by atoms with Gasteiger partial charge in [-0.15, -0.1) is 0 Å². The molecule has 32 heavy (non-hydrogen) atoms. The van der Waals surface area contributed by atoms with Gasteiger partial charge in [0.25, 0.3) is 0 Å². The van der Waals surface area contributed by atoms with Crippen molar-refractivity contribution in [1.82, 2.24) is 9.38 Å². The Hall–Kier alpha value is -4.24. The molecule has 0 N–H and O–H groups in total. The van der Waals surface area contributed by atoms with Crippen LogP contribution < -0.4 is 0 Å². The number of allylic oxidation sites excluding steroid dienone is 1. The largest absolute Gasteiger partial charge is 0.299 e. The smallest absolute Gasteiger partial charge is 0.186 e. The van der Waals surface area contributed by atoms with Crippen LogP contribution in [0.15, 0.2) is 115 Å². The first kappa shape index (κ1) is 19.7. The molecule has 2 aromatic heterocycles. The van der Waals surface area contributed by atoms with Gasteiger partial charge in [-0.25, -0.2) is 4.98 Å². The summed E-state index contributed by atoms with van der Waals surface area (Å²) in [6.07, 6.45) is 3.75. The number of carbonyl (C=O) groups excluding carboxylic acids is 1. The fourth-order valence-electron chi connectivity index (χ4n) is 3.98. The van der Waals surface area contributed by atoms with Crippen molar-refractivity contribution in [2.24, 2.45) is 0 Å². The molecule has 0 saturated heterocycles. The number of rotatable bonds is 5. The molecule has 3 nitrogen and oxygen atoms in total. The van der Waals surface area contributed by atoms with E-state index in [2.05, 4.69) is 29.5 Å². The van der Waals surface area contributed by atoms with Crippen molar-refractivity contribution < 1.29 is 4.79 Å². The molecule has 0 atom stereocenters. The summed E-state index contributed by atoms with van der Waals surface area (Å²) in [6.45, 7) is 2.06. The summed E-state index contributed by atoms with van der Waals surface area (Å²) in [4.78, 5) is 18.3. The third-order valence-corrected chi connectivity index (χ3v) is 5.57. The van der Waals surface area contributed by atoms with E-state index in [-0.39, 0.29) is 5.78 Å². The number of hydrogen-bond acceptors (Lipinski definition) is 2. The number of fused-ring (bicyclic) bond motifs is 1. The molecule has 0 radical (unpaired) electrons. The summed E-state index contributed by atoms with van der Waals surface area (Å²) < 4.78 is 2.09. The van der Waals surface area contributed by atoms with Crippen LogP contribution in [-0.4, -0.2) is 15.2 Å². The van der Waals surface area contributed by atoms with E-state index in [0.29, 0.717) is 5.56 Å². The van der Waals surface area contributed by atoms with E-state index in [0.717, 1.165) is 39.3 Å². The highest BCUT2D eigenvalue weighted by Crippen LogP contribution is 2.34. The number of pyridine rings is 1. The van der Waals surface area contributed by atoms with Crippen molar-refractivity contribution >= 4 is 17.0 Å². The standard InChI is InChI=1S/C29H22N2O/c1-21-12-11-19-31-28(27(30-29(21)31)24-17-9-4-10-18-24)25(22-13-5-2-6-14-22)20-26(32)23-15-7-3-8-16-23/h2-20H,1H3/b25-20-. The average Bonchev–Trinajstić information content (AvgIpc) is 3.25. The Morgan fingerprint density at radius 1 is 0.750 bits per heavy atom. The van der Waals surface area contributed by atoms with Crippen LogP contribution in [0.3, 0.4) is 0 Å². The third kappa shape index (κ3) is 3.65. The summed E-state index contributed by atoms with van der Waals surface area (Å²) in [7, 11) is 0. The van der Waals surface area contributed by atoms with E-state index in [1.165, 1.54) is 0 Å². The first-order chi connectivity index (χ1) is 15.7. The predicted octanol–water partition coefficient (Wildman–Crippen LogP) is 6.62. The van der Waals surface area contributed by atoms with Crippen LogP contribution in [-0.2, 0) is 0 Å². The monoisotopic (exact) mass is 414 g/mol. The Labute approximate surface area is 187 Å². The molecule has 0 aliphatic heterocycles. The number of hydrogen-bond donors (Lipinski definition) is 0. The van der Waals surface area contributed by atoms with Gasteiger partial charge in [-0.1, -0.05) is 97.1 Å². The molecular weight excluding hydrogens is 392 g/mol. The molecule has 0 spiro atoms. The highest BCUT2D eigenvalue weighted by molar-refractivity contribution is 6.11. The molecule has 0 bridgehead atoms. The van der Waals surface area contributed by atoms with Crippen molar-refractivity contribution in [2.75, 3.05) is 0 Å². The van der Waals surface area contributed by atoms with Crippen molar-refractivity contribution in [3.8, 4) is 11.3 Å². The lowest BCUT2D eigenvalue weighted by Gasteiger charge is -2.12. The van der Waals surface area contributed by atoms with Crippen molar-refractivity contribution in [3.05, 3.63) is 138 Å². The van der Waals surface area contributed by atoms with Crippen LogP contribution >= 0.6 is 0 Å². The predicted molar refractivity (Wildman–Crippen MR) is 130 cm³/mol. The van der Waals surface area contributed by atoms with Gasteiger partial charge >= 0.3 is 0 Å². The van der Waals surface area contributed by atoms with Crippen molar-refractivity contribution in [2.45, 2.75) is 6.92 Å². The zero-order chi connectivity index (χ0) is 21.9. The van der Waals surface area contributed by atoms with Gasteiger partial charge in [0.1, 0.15) is 5.65 Å². The number of benzene rings is 3. The lowest BCUT2D eigenvalue weighted by molar-refractivity contribution is 0.104. The van der Waals surface area contributed by atoms with Gasteiger partial charge in [0.2, 0.25) is 0 Å². The summed E-state index contributed by atoms with van der Waals surface area (Å²) >= 11 is 0. The zero-order valence-electron chi connectivity index (χ0n) is 17.8. The highest BCUT2D eigenvalue weighted by atomic mass is 16.1. The molecule has 0 aliphatic rings. The van der Waals surface area contributed by atoms with Gasteiger partial charge in [-0.3, -0.25) is 9.20 Å². The Morgan fingerprint density at radius 3 is 2.00 bits per heavy atom. The lowest BCUT2D eigenvalue weighted by Crippen LogP contribution is -2.01. The Balaban J connectivity index is 1.82. The Bertz CT molecular complexity index is 1420. The maximum atomic E-state index is 13.3. The minimum absolute atomic E-state index is 0.0360. The number of nitrogens with zero attached hydrogens (tertiary/aromatic N) is 2. The van der Waals surface area contributed by atoms with Crippen LogP contribution in [0.2, 0.25) is 0 Å².